The van der Waals surface area contributed by atoms with Crippen molar-refractivity contribution in [3.8, 4) is 5.95 Å². The van der Waals surface area contributed by atoms with Crippen molar-refractivity contribution >= 4 is 17.9 Å². The Balaban J connectivity index is 2.23. The van der Waals surface area contributed by atoms with Crippen LogP contribution in [0.25, 0.3) is 0 Å². The first-order valence-electron chi connectivity index (χ1n) is 14.7. The van der Waals surface area contributed by atoms with Crippen LogP contribution in [0.4, 0.5) is 0 Å². The third-order valence-electron chi connectivity index (χ3n) is 7.19. The molecule has 8 heteroatoms. The molecule has 0 aromatic carbocycles. The predicted molar refractivity (Wildman–Crippen MR) is 145 cm³/mol. The van der Waals surface area contributed by atoms with Crippen molar-refractivity contribution in [1.82, 2.24) is 0 Å². The Kier molecular flexibility index (Phi) is 13.7. The van der Waals surface area contributed by atoms with Crippen LogP contribution < -0.4 is 4.74 Å². The maximum absolute atomic E-state index is 13.4. The van der Waals surface area contributed by atoms with E-state index in [0.29, 0.717) is 6.42 Å². The van der Waals surface area contributed by atoms with Gasteiger partial charge in [0.1, 0.15) is 11.0 Å². The van der Waals surface area contributed by atoms with Crippen molar-refractivity contribution in [3.05, 3.63) is 16.9 Å². The Morgan fingerprint density at radius 3 is 1.84 bits per heavy atom. The Hall–Kier alpha value is -2.51. The van der Waals surface area contributed by atoms with Gasteiger partial charge in [-0.1, -0.05) is 71.1 Å². The lowest BCUT2D eigenvalue weighted by atomic mass is 9.89. The first-order valence-corrected chi connectivity index (χ1v) is 14.7. The number of esters is 3. The highest BCUT2D eigenvalue weighted by atomic mass is 16.6. The maximum atomic E-state index is 13.4. The quantitative estimate of drug-likeness (QED) is 0.0982. The summed E-state index contributed by atoms with van der Waals surface area (Å²) in [7, 11) is 0. The van der Waals surface area contributed by atoms with Crippen molar-refractivity contribution < 1.29 is 37.7 Å². The van der Waals surface area contributed by atoms with E-state index in [-0.39, 0.29) is 55.2 Å². The van der Waals surface area contributed by atoms with E-state index in [0.717, 1.165) is 19.3 Å². The molecular formula is C30H48O8. The number of carbonyl (C=O) groups excluding carboxylic acids is 3. The van der Waals surface area contributed by atoms with E-state index in [1.165, 1.54) is 51.4 Å². The molecule has 1 aliphatic carbocycles. The monoisotopic (exact) mass is 536 g/mol. The molecule has 1 aliphatic rings. The lowest BCUT2D eigenvalue weighted by molar-refractivity contribution is -0.146. The van der Waals surface area contributed by atoms with Gasteiger partial charge in [-0.2, -0.15) is 0 Å². The smallest absolute Gasteiger partial charge is 0.375 e. The second-order valence-electron chi connectivity index (χ2n) is 9.91. The normalized spacial score (nSPS) is 18.2. The van der Waals surface area contributed by atoms with Crippen LogP contribution in [0.2, 0.25) is 0 Å². The molecule has 1 heterocycles. The predicted octanol–water partition coefficient (Wildman–Crippen LogP) is 7.16. The molecule has 1 aromatic heterocycles. The van der Waals surface area contributed by atoms with Crippen LogP contribution in [0.1, 0.15) is 138 Å². The molecule has 38 heavy (non-hydrogen) atoms. The number of rotatable bonds is 20. The van der Waals surface area contributed by atoms with Gasteiger partial charge < -0.3 is 23.4 Å². The lowest BCUT2D eigenvalue weighted by Gasteiger charge is -2.18. The Bertz CT molecular complexity index is 889. The molecule has 0 radical (unpaired) electrons. The second kappa shape index (κ2) is 16.5. The lowest BCUT2D eigenvalue weighted by Crippen LogP contribution is -2.29. The fraction of sp³-hybridized carbons (Fsp3) is 0.767. The largest absolute Gasteiger partial charge is 0.465 e. The van der Waals surface area contributed by atoms with Crippen LogP contribution in [-0.4, -0.2) is 44.3 Å². The van der Waals surface area contributed by atoms with Gasteiger partial charge in [-0.3, -0.25) is 4.79 Å². The first-order chi connectivity index (χ1) is 18.4. The van der Waals surface area contributed by atoms with E-state index < -0.39 is 23.3 Å². The molecule has 216 valence electrons. The van der Waals surface area contributed by atoms with Gasteiger partial charge >= 0.3 is 17.9 Å². The molecule has 0 saturated heterocycles. The molecule has 0 N–H and O–H groups in total. The number of unbranched alkanes of at least 4 members (excludes halogenated alkanes) is 9. The SMILES string of the molecule is CCCCCCCCCCCC[C@H]1C[C@]1(C(=O)OCC)c1c(OCC)oc(C(=O)OCC)c1C(=O)OCC. The topological polar surface area (TPSA) is 101 Å². The van der Waals surface area contributed by atoms with Crippen LogP contribution in [0.3, 0.4) is 0 Å². The van der Waals surface area contributed by atoms with E-state index in [1.807, 2.05) is 0 Å². The van der Waals surface area contributed by atoms with Crippen molar-refractivity contribution in [2.75, 3.05) is 26.4 Å². The van der Waals surface area contributed by atoms with Gasteiger partial charge in [0.25, 0.3) is 5.95 Å². The average molecular weight is 537 g/mol. The highest BCUT2D eigenvalue weighted by Crippen LogP contribution is 2.61. The first kappa shape index (κ1) is 31.7. The number of ether oxygens (including phenoxy) is 4. The minimum Gasteiger partial charge on any atom is -0.465 e. The minimum absolute atomic E-state index is 0.0165. The summed E-state index contributed by atoms with van der Waals surface area (Å²) < 4.78 is 27.4. The van der Waals surface area contributed by atoms with Gasteiger partial charge in [0.2, 0.25) is 5.76 Å². The molecule has 1 fully saturated rings. The number of hydrogen-bond donors (Lipinski definition) is 0. The van der Waals surface area contributed by atoms with Crippen LogP contribution in [0, 0.1) is 5.92 Å². The van der Waals surface area contributed by atoms with E-state index >= 15 is 0 Å². The summed E-state index contributed by atoms with van der Waals surface area (Å²) in [4.78, 5) is 39.3. The zero-order valence-corrected chi connectivity index (χ0v) is 24.2. The van der Waals surface area contributed by atoms with Crippen molar-refractivity contribution in [2.24, 2.45) is 5.92 Å². The highest BCUT2D eigenvalue weighted by molar-refractivity contribution is 6.05. The van der Waals surface area contributed by atoms with Crippen molar-refractivity contribution in [3.63, 3.8) is 0 Å². The van der Waals surface area contributed by atoms with Gasteiger partial charge in [-0.15, -0.1) is 0 Å². The summed E-state index contributed by atoms with van der Waals surface area (Å²) in [5.74, 6) is -2.33. The van der Waals surface area contributed by atoms with Crippen LogP contribution >= 0.6 is 0 Å². The zero-order chi connectivity index (χ0) is 28.0. The number of furan rings is 1. The maximum Gasteiger partial charge on any atom is 0.375 e. The third-order valence-corrected chi connectivity index (χ3v) is 7.19. The fourth-order valence-electron chi connectivity index (χ4n) is 5.26. The zero-order valence-electron chi connectivity index (χ0n) is 24.2. The molecule has 0 unspecified atom stereocenters. The summed E-state index contributed by atoms with van der Waals surface area (Å²) in [5, 5.41) is 0. The summed E-state index contributed by atoms with van der Waals surface area (Å²) in [6, 6.07) is 0. The minimum atomic E-state index is -1.11. The van der Waals surface area contributed by atoms with Gasteiger partial charge in [0.15, 0.2) is 0 Å². The van der Waals surface area contributed by atoms with Gasteiger partial charge in [-0.05, 0) is 46.5 Å². The Labute approximate surface area is 228 Å². The Morgan fingerprint density at radius 2 is 1.29 bits per heavy atom. The van der Waals surface area contributed by atoms with Crippen LogP contribution in [0.5, 0.6) is 5.95 Å². The molecule has 0 amide bonds. The summed E-state index contributed by atoms with van der Waals surface area (Å²) in [6.07, 6.45) is 13.6. The Morgan fingerprint density at radius 1 is 0.737 bits per heavy atom. The molecule has 0 aliphatic heterocycles. The standard InChI is InChI=1S/C30H48O8/c1-6-11-12-13-14-15-16-17-18-19-20-22-21-30(22,29(33)37-10-5)24-23(26(31)34-7-2)25(27(32)35-8-3)38-28(24)36-9-4/h22H,6-21H2,1-5H3/t22-,30+/m0/s1. The van der Waals surface area contributed by atoms with E-state index in [2.05, 4.69) is 6.92 Å². The van der Waals surface area contributed by atoms with Crippen LogP contribution in [-0.2, 0) is 24.4 Å². The molecule has 8 nitrogen and oxygen atoms in total. The average Bonchev–Trinajstić information content (AvgIpc) is 3.49. The van der Waals surface area contributed by atoms with E-state index in [1.54, 1.807) is 27.7 Å². The summed E-state index contributed by atoms with van der Waals surface area (Å²) in [6.45, 7) is 9.73. The molecule has 2 atom stereocenters. The molecule has 1 aromatic rings. The fourth-order valence-corrected chi connectivity index (χ4v) is 5.26. The molecule has 0 spiro atoms. The van der Waals surface area contributed by atoms with Crippen molar-refractivity contribution in [2.45, 2.75) is 117 Å². The molecular weight excluding hydrogens is 488 g/mol. The molecule has 1 saturated carbocycles. The third kappa shape index (κ3) is 8.00. The van der Waals surface area contributed by atoms with Crippen LogP contribution in [0.15, 0.2) is 4.42 Å². The summed E-state index contributed by atoms with van der Waals surface area (Å²) >= 11 is 0. The van der Waals surface area contributed by atoms with Crippen molar-refractivity contribution in [1.29, 1.82) is 0 Å². The van der Waals surface area contributed by atoms with E-state index in [9.17, 15) is 14.4 Å². The van der Waals surface area contributed by atoms with Gasteiger partial charge in [0.05, 0.1) is 32.0 Å². The molecule has 2 rings (SSSR count). The van der Waals surface area contributed by atoms with E-state index in [4.69, 9.17) is 23.4 Å². The second-order valence-corrected chi connectivity index (χ2v) is 9.91. The summed E-state index contributed by atoms with van der Waals surface area (Å²) in [5.41, 5.74) is -0.945. The number of hydrogen-bond acceptors (Lipinski definition) is 8. The number of carbonyl (C=O) groups is 3. The highest BCUT2D eigenvalue weighted by Gasteiger charge is 2.66. The molecule has 0 bridgehead atoms. The van der Waals surface area contributed by atoms with Gasteiger partial charge in [0, 0.05) is 0 Å². The van der Waals surface area contributed by atoms with Gasteiger partial charge in [-0.25, -0.2) is 9.59 Å².